The van der Waals surface area contributed by atoms with Crippen molar-refractivity contribution < 1.29 is 19.1 Å². The standard InChI is InChI=1S/C16H19N3O4S/c20-14(19-6-3-11(4-7-19)9-15(21)22)2-1-13-17-18-16(23-13)12-5-8-24-10-12/h5,8,10-11H,1-4,6-7,9H2,(H,21,22). The smallest absolute Gasteiger partial charge is 0.303 e. The van der Waals surface area contributed by atoms with Crippen molar-refractivity contribution in [3.8, 4) is 11.5 Å². The molecule has 1 aliphatic rings. The van der Waals surface area contributed by atoms with E-state index in [0.717, 1.165) is 18.4 Å². The summed E-state index contributed by atoms with van der Waals surface area (Å²) in [7, 11) is 0. The first-order chi connectivity index (χ1) is 11.6. The number of amides is 1. The van der Waals surface area contributed by atoms with Crippen LogP contribution >= 0.6 is 11.3 Å². The third-order valence-corrected chi connectivity index (χ3v) is 4.90. The second kappa shape index (κ2) is 7.57. The molecule has 1 fully saturated rings. The Hall–Kier alpha value is -2.22. The van der Waals surface area contributed by atoms with E-state index >= 15 is 0 Å². The predicted molar refractivity (Wildman–Crippen MR) is 87.5 cm³/mol. The van der Waals surface area contributed by atoms with Crippen molar-refractivity contribution in [2.45, 2.75) is 32.1 Å². The number of carboxylic acid groups (broad SMARTS) is 1. The highest BCUT2D eigenvalue weighted by atomic mass is 32.1. The molecular formula is C16H19N3O4S. The minimum atomic E-state index is -0.766. The molecule has 2 aromatic rings. The highest BCUT2D eigenvalue weighted by Gasteiger charge is 2.24. The predicted octanol–water partition coefficient (Wildman–Crippen LogP) is 2.44. The number of carbonyl (C=O) groups is 2. The summed E-state index contributed by atoms with van der Waals surface area (Å²) in [5.41, 5.74) is 0.894. The molecule has 0 aliphatic carbocycles. The minimum Gasteiger partial charge on any atom is -0.481 e. The number of aliphatic carboxylic acids is 1. The van der Waals surface area contributed by atoms with Crippen molar-refractivity contribution >= 4 is 23.2 Å². The van der Waals surface area contributed by atoms with Crippen LogP contribution in [0, 0.1) is 5.92 Å². The van der Waals surface area contributed by atoms with Crippen LogP contribution in [-0.4, -0.2) is 45.2 Å². The van der Waals surface area contributed by atoms with Crippen LogP contribution in [-0.2, 0) is 16.0 Å². The quantitative estimate of drug-likeness (QED) is 0.860. The van der Waals surface area contributed by atoms with Crippen molar-refractivity contribution in [2.75, 3.05) is 13.1 Å². The Morgan fingerprint density at radius 3 is 2.79 bits per heavy atom. The normalized spacial score (nSPS) is 15.6. The number of nitrogens with zero attached hydrogens (tertiary/aromatic N) is 3. The number of likely N-dealkylation sites (tertiary alicyclic amines) is 1. The van der Waals surface area contributed by atoms with Crippen LogP contribution in [0.25, 0.3) is 11.5 Å². The van der Waals surface area contributed by atoms with Crippen molar-refractivity contribution in [3.63, 3.8) is 0 Å². The van der Waals surface area contributed by atoms with Gasteiger partial charge in [0.05, 0.1) is 0 Å². The Bertz CT molecular complexity index is 690. The molecule has 1 amide bonds. The molecule has 128 valence electrons. The minimum absolute atomic E-state index is 0.0547. The SMILES string of the molecule is O=C(O)CC1CCN(C(=O)CCc2nnc(-c3ccsc3)o2)CC1. The van der Waals surface area contributed by atoms with Gasteiger partial charge in [0.15, 0.2) is 0 Å². The molecule has 3 heterocycles. The first-order valence-corrected chi connectivity index (χ1v) is 8.90. The summed E-state index contributed by atoms with van der Waals surface area (Å²) in [5.74, 6) is 0.408. The fourth-order valence-corrected chi connectivity index (χ4v) is 3.49. The third kappa shape index (κ3) is 4.19. The lowest BCUT2D eigenvalue weighted by Crippen LogP contribution is -2.39. The molecule has 1 N–H and O–H groups in total. The number of carbonyl (C=O) groups excluding carboxylic acids is 1. The van der Waals surface area contributed by atoms with Gasteiger partial charge in [-0.3, -0.25) is 9.59 Å². The van der Waals surface area contributed by atoms with E-state index < -0.39 is 5.97 Å². The summed E-state index contributed by atoms with van der Waals surface area (Å²) >= 11 is 1.56. The van der Waals surface area contributed by atoms with E-state index in [1.165, 1.54) is 0 Å². The molecule has 0 atom stereocenters. The Kier molecular flexibility index (Phi) is 5.24. The summed E-state index contributed by atoms with van der Waals surface area (Å²) in [4.78, 5) is 24.8. The number of hydrogen-bond acceptors (Lipinski definition) is 6. The summed E-state index contributed by atoms with van der Waals surface area (Å²) in [6, 6.07) is 1.91. The van der Waals surface area contributed by atoms with E-state index in [-0.39, 0.29) is 18.2 Å². The lowest BCUT2D eigenvalue weighted by Gasteiger charge is -2.31. The number of aryl methyl sites for hydroxylation is 1. The van der Waals surface area contributed by atoms with Gasteiger partial charge in [0.1, 0.15) is 0 Å². The maximum absolute atomic E-state index is 12.3. The van der Waals surface area contributed by atoms with E-state index in [0.29, 0.717) is 37.7 Å². The molecule has 0 bridgehead atoms. The lowest BCUT2D eigenvalue weighted by atomic mass is 9.93. The number of piperidine rings is 1. The molecular weight excluding hydrogens is 330 g/mol. The Balaban J connectivity index is 1.45. The maximum Gasteiger partial charge on any atom is 0.303 e. The molecule has 0 radical (unpaired) electrons. The lowest BCUT2D eigenvalue weighted by molar-refractivity contribution is -0.138. The van der Waals surface area contributed by atoms with Gasteiger partial charge in [0, 0.05) is 43.3 Å². The highest BCUT2D eigenvalue weighted by molar-refractivity contribution is 7.08. The zero-order chi connectivity index (χ0) is 16.9. The Labute approximate surface area is 143 Å². The number of thiophene rings is 1. The summed E-state index contributed by atoms with van der Waals surface area (Å²) in [5, 5.41) is 20.7. The zero-order valence-electron chi connectivity index (χ0n) is 13.2. The first-order valence-electron chi connectivity index (χ1n) is 7.96. The first kappa shape index (κ1) is 16.6. The molecule has 0 aromatic carbocycles. The second-order valence-electron chi connectivity index (χ2n) is 5.94. The maximum atomic E-state index is 12.3. The summed E-state index contributed by atoms with van der Waals surface area (Å²) in [6.45, 7) is 1.25. The van der Waals surface area contributed by atoms with Crippen LogP contribution in [0.5, 0.6) is 0 Å². The fourth-order valence-electron chi connectivity index (χ4n) is 2.86. The molecule has 1 saturated heterocycles. The molecule has 0 unspecified atom stereocenters. The molecule has 24 heavy (non-hydrogen) atoms. The Morgan fingerprint density at radius 1 is 1.33 bits per heavy atom. The van der Waals surface area contributed by atoms with Crippen LogP contribution in [0.2, 0.25) is 0 Å². The molecule has 0 saturated carbocycles. The van der Waals surface area contributed by atoms with Gasteiger partial charge in [0.2, 0.25) is 17.7 Å². The van der Waals surface area contributed by atoms with Crippen molar-refractivity contribution in [1.29, 1.82) is 0 Å². The molecule has 2 aromatic heterocycles. The largest absolute Gasteiger partial charge is 0.481 e. The van der Waals surface area contributed by atoms with Crippen molar-refractivity contribution in [1.82, 2.24) is 15.1 Å². The number of rotatable bonds is 6. The van der Waals surface area contributed by atoms with Crippen LogP contribution in [0.1, 0.15) is 31.6 Å². The van der Waals surface area contributed by atoms with Gasteiger partial charge in [-0.05, 0) is 30.2 Å². The van der Waals surface area contributed by atoms with Gasteiger partial charge in [-0.2, -0.15) is 11.3 Å². The summed E-state index contributed by atoms with van der Waals surface area (Å²) < 4.78 is 5.58. The average molecular weight is 349 g/mol. The molecule has 1 aliphatic heterocycles. The van der Waals surface area contributed by atoms with Crippen molar-refractivity contribution in [3.05, 3.63) is 22.7 Å². The number of aromatic nitrogens is 2. The van der Waals surface area contributed by atoms with Crippen LogP contribution < -0.4 is 0 Å². The van der Waals surface area contributed by atoms with E-state index in [4.69, 9.17) is 9.52 Å². The van der Waals surface area contributed by atoms with Gasteiger partial charge in [0.25, 0.3) is 0 Å². The van der Waals surface area contributed by atoms with Gasteiger partial charge < -0.3 is 14.4 Å². The van der Waals surface area contributed by atoms with Gasteiger partial charge >= 0.3 is 5.97 Å². The Morgan fingerprint density at radius 2 is 2.12 bits per heavy atom. The monoisotopic (exact) mass is 349 g/mol. The molecule has 8 heteroatoms. The average Bonchev–Trinajstić information content (AvgIpc) is 3.24. The van der Waals surface area contributed by atoms with Gasteiger partial charge in [-0.15, -0.1) is 10.2 Å². The zero-order valence-corrected chi connectivity index (χ0v) is 14.0. The van der Waals surface area contributed by atoms with E-state index in [9.17, 15) is 9.59 Å². The molecule has 3 rings (SSSR count). The number of hydrogen-bond donors (Lipinski definition) is 1. The van der Waals surface area contributed by atoms with Crippen LogP contribution in [0.4, 0.5) is 0 Å². The van der Waals surface area contributed by atoms with Gasteiger partial charge in [-0.1, -0.05) is 0 Å². The second-order valence-corrected chi connectivity index (χ2v) is 6.72. The van der Waals surface area contributed by atoms with Crippen molar-refractivity contribution in [2.24, 2.45) is 5.92 Å². The van der Waals surface area contributed by atoms with E-state index in [1.54, 1.807) is 16.2 Å². The van der Waals surface area contributed by atoms with E-state index in [2.05, 4.69) is 10.2 Å². The number of carboxylic acids is 1. The molecule has 7 nitrogen and oxygen atoms in total. The summed E-state index contributed by atoms with van der Waals surface area (Å²) in [6.07, 6.45) is 2.44. The van der Waals surface area contributed by atoms with Gasteiger partial charge in [-0.25, -0.2) is 0 Å². The highest BCUT2D eigenvalue weighted by Crippen LogP contribution is 2.22. The topological polar surface area (TPSA) is 96.5 Å². The van der Waals surface area contributed by atoms with Crippen LogP contribution in [0.3, 0.4) is 0 Å². The third-order valence-electron chi connectivity index (χ3n) is 4.22. The van der Waals surface area contributed by atoms with E-state index in [1.807, 2.05) is 16.8 Å². The molecule has 0 spiro atoms. The fraction of sp³-hybridized carbons (Fsp3) is 0.500. The van der Waals surface area contributed by atoms with Crippen LogP contribution in [0.15, 0.2) is 21.2 Å².